The monoisotopic (exact) mass is 267 g/mol. The smallest absolute Gasteiger partial charge is 0.130 e. The Labute approximate surface area is 114 Å². The van der Waals surface area contributed by atoms with Gasteiger partial charge in [-0.3, -0.25) is 0 Å². The van der Waals surface area contributed by atoms with E-state index in [0.29, 0.717) is 5.75 Å². The highest BCUT2D eigenvalue weighted by Crippen LogP contribution is 2.30. The minimum absolute atomic E-state index is 0.155. The highest BCUT2D eigenvalue weighted by molar-refractivity contribution is 5.31. The summed E-state index contributed by atoms with van der Waals surface area (Å²) in [5, 5.41) is 0. The molecule has 3 nitrogen and oxygen atoms in total. The van der Waals surface area contributed by atoms with Gasteiger partial charge in [0.1, 0.15) is 11.6 Å². The summed E-state index contributed by atoms with van der Waals surface area (Å²) in [5.41, 5.74) is 0.808. The number of nitrogens with zero attached hydrogens (tertiary/aromatic N) is 1. The molecule has 0 spiro atoms. The third-order valence-electron chi connectivity index (χ3n) is 3.76. The highest BCUT2D eigenvalue weighted by atomic mass is 19.1. The van der Waals surface area contributed by atoms with Crippen LogP contribution in [0.5, 0.6) is 5.75 Å². The molecule has 0 aromatic heterocycles. The number of hydrogen-bond donors (Lipinski definition) is 0. The Morgan fingerprint density at radius 1 is 1.37 bits per heavy atom. The van der Waals surface area contributed by atoms with Crippen molar-refractivity contribution in [3.63, 3.8) is 0 Å². The van der Waals surface area contributed by atoms with Gasteiger partial charge < -0.3 is 14.4 Å². The molecule has 0 radical (unpaired) electrons. The quantitative estimate of drug-likeness (QED) is 0.818. The highest BCUT2D eigenvalue weighted by Gasteiger charge is 2.23. The fourth-order valence-electron chi connectivity index (χ4n) is 2.70. The molecule has 1 aliphatic rings. The van der Waals surface area contributed by atoms with E-state index in [1.807, 2.05) is 12.1 Å². The van der Waals surface area contributed by atoms with Gasteiger partial charge in [-0.25, -0.2) is 4.39 Å². The van der Waals surface area contributed by atoms with Gasteiger partial charge in [-0.2, -0.15) is 0 Å². The van der Waals surface area contributed by atoms with E-state index in [2.05, 4.69) is 4.90 Å². The summed E-state index contributed by atoms with van der Waals surface area (Å²) in [5.74, 6) is 0.697. The molecule has 0 N–H and O–H groups in total. The Morgan fingerprint density at radius 2 is 2.21 bits per heavy atom. The average Bonchev–Trinajstić information content (AvgIpc) is 2.45. The molecule has 4 heteroatoms. The number of methoxy groups -OCH3 is 2. The Balaban J connectivity index is 2.04. The molecule has 1 aromatic rings. The minimum atomic E-state index is -0.155. The molecular weight excluding hydrogens is 245 g/mol. The molecule has 1 aliphatic heterocycles. The van der Waals surface area contributed by atoms with E-state index in [9.17, 15) is 4.39 Å². The molecule has 1 atom stereocenters. The molecule has 0 bridgehead atoms. The number of halogens is 1. The number of likely N-dealkylation sites (tertiary alicyclic amines) is 1. The lowest BCUT2D eigenvalue weighted by atomic mass is 9.90. The Bertz CT molecular complexity index is 411. The lowest BCUT2D eigenvalue weighted by Gasteiger charge is -2.33. The van der Waals surface area contributed by atoms with E-state index in [4.69, 9.17) is 9.47 Å². The van der Waals surface area contributed by atoms with Crippen LogP contribution in [0, 0.1) is 5.82 Å². The summed E-state index contributed by atoms with van der Waals surface area (Å²) in [6, 6.07) is 5.18. The first kappa shape index (κ1) is 14.3. The van der Waals surface area contributed by atoms with Crippen LogP contribution in [0.3, 0.4) is 0 Å². The maximum Gasteiger partial charge on any atom is 0.130 e. The van der Waals surface area contributed by atoms with Crippen molar-refractivity contribution < 1.29 is 13.9 Å². The zero-order chi connectivity index (χ0) is 13.7. The van der Waals surface area contributed by atoms with Gasteiger partial charge in [0.15, 0.2) is 0 Å². The zero-order valence-electron chi connectivity index (χ0n) is 11.7. The molecule has 0 saturated carbocycles. The molecule has 1 heterocycles. The molecule has 1 fully saturated rings. The lowest BCUT2D eigenvalue weighted by Crippen LogP contribution is -2.36. The number of hydrogen-bond acceptors (Lipinski definition) is 3. The van der Waals surface area contributed by atoms with Gasteiger partial charge in [-0.1, -0.05) is 6.07 Å². The third-order valence-corrected chi connectivity index (χ3v) is 3.76. The molecule has 19 heavy (non-hydrogen) atoms. The summed E-state index contributed by atoms with van der Waals surface area (Å²) in [4.78, 5) is 2.35. The van der Waals surface area contributed by atoms with E-state index in [0.717, 1.165) is 44.6 Å². The Morgan fingerprint density at radius 3 is 2.89 bits per heavy atom. The first-order chi connectivity index (χ1) is 9.24. The second-order valence-corrected chi connectivity index (χ2v) is 5.02. The molecule has 0 amide bonds. The van der Waals surface area contributed by atoms with Crippen LogP contribution in [-0.4, -0.2) is 45.4 Å². The lowest BCUT2D eigenvalue weighted by molar-refractivity contribution is 0.127. The van der Waals surface area contributed by atoms with Crippen LogP contribution in [0.15, 0.2) is 18.2 Å². The van der Waals surface area contributed by atoms with Crippen molar-refractivity contribution in [2.24, 2.45) is 0 Å². The van der Waals surface area contributed by atoms with Gasteiger partial charge in [-0.05, 0) is 36.9 Å². The van der Waals surface area contributed by atoms with Gasteiger partial charge in [0.25, 0.3) is 0 Å². The minimum Gasteiger partial charge on any atom is -0.497 e. The summed E-state index contributed by atoms with van der Waals surface area (Å²) in [6.45, 7) is 3.65. The zero-order valence-corrected chi connectivity index (χ0v) is 11.7. The first-order valence-electron chi connectivity index (χ1n) is 6.79. The Kier molecular flexibility index (Phi) is 5.16. The normalized spacial score (nSPS) is 20.5. The summed E-state index contributed by atoms with van der Waals surface area (Å²) >= 11 is 0. The van der Waals surface area contributed by atoms with Crippen molar-refractivity contribution in [1.29, 1.82) is 0 Å². The SMILES string of the molecule is COCCN1CCCC(c2ccc(OC)cc2F)C1. The van der Waals surface area contributed by atoms with E-state index in [1.54, 1.807) is 14.2 Å². The van der Waals surface area contributed by atoms with Crippen LogP contribution < -0.4 is 4.74 Å². The standard InChI is InChI=1S/C15H22FNO2/c1-18-9-8-17-7-3-4-12(11-17)14-6-5-13(19-2)10-15(14)16/h5-6,10,12H,3-4,7-9,11H2,1-2H3. The van der Waals surface area contributed by atoms with Crippen molar-refractivity contribution in [1.82, 2.24) is 4.90 Å². The summed E-state index contributed by atoms with van der Waals surface area (Å²) in [6.07, 6.45) is 2.16. The van der Waals surface area contributed by atoms with Gasteiger partial charge in [-0.15, -0.1) is 0 Å². The van der Waals surface area contributed by atoms with Gasteiger partial charge in [0.05, 0.1) is 13.7 Å². The summed E-state index contributed by atoms with van der Waals surface area (Å²) in [7, 11) is 3.27. The molecule has 0 aliphatic carbocycles. The van der Waals surface area contributed by atoms with E-state index in [1.165, 1.54) is 6.07 Å². The predicted octanol–water partition coefficient (Wildman–Crippen LogP) is 2.66. The molecule has 2 rings (SSSR count). The maximum atomic E-state index is 14.1. The van der Waals surface area contributed by atoms with Crippen LogP contribution in [0.4, 0.5) is 4.39 Å². The predicted molar refractivity (Wildman–Crippen MR) is 73.2 cm³/mol. The fourth-order valence-corrected chi connectivity index (χ4v) is 2.70. The molecule has 1 unspecified atom stereocenters. The van der Waals surface area contributed by atoms with E-state index in [-0.39, 0.29) is 11.7 Å². The molecule has 1 aromatic carbocycles. The van der Waals surface area contributed by atoms with Gasteiger partial charge >= 0.3 is 0 Å². The van der Waals surface area contributed by atoms with Crippen LogP contribution in [-0.2, 0) is 4.74 Å². The van der Waals surface area contributed by atoms with E-state index >= 15 is 0 Å². The van der Waals surface area contributed by atoms with Crippen LogP contribution in [0.2, 0.25) is 0 Å². The largest absolute Gasteiger partial charge is 0.497 e. The van der Waals surface area contributed by atoms with Crippen molar-refractivity contribution in [3.8, 4) is 5.75 Å². The van der Waals surface area contributed by atoms with Crippen LogP contribution in [0.25, 0.3) is 0 Å². The van der Waals surface area contributed by atoms with Gasteiger partial charge in [0.2, 0.25) is 0 Å². The second-order valence-electron chi connectivity index (χ2n) is 5.02. The number of rotatable bonds is 5. The number of piperidine rings is 1. The number of ether oxygens (including phenoxy) is 2. The van der Waals surface area contributed by atoms with Crippen molar-refractivity contribution >= 4 is 0 Å². The molecular formula is C15H22FNO2. The summed E-state index contributed by atoms with van der Waals surface area (Å²) < 4.78 is 24.2. The third kappa shape index (κ3) is 3.67. The first-order valence-corrected chi connectivity index (χ1v) is 6.79. The van der Waals surface area contributed by atoms with Gasteiger partial charge in [0, 0.05) is 26.3 Å². The maximum absolute atomic E-state index is 14.1. The fraction of sp³-hybridized carbons (Fsp3) is 0.600. The average molecular weight is 267 g/mol. The molecule has 1 saturated heterocycles. The Hall–Kier alpha value is -1.13. The van der Waals surface area contributed by atoms with E-state index < -0.39 is 0 Å². The van der Waals surface area contributed by atoms with Crippen LogP contribution >= 0.6 is 0 Å². The topological polar surface area (TPSA) is 21.7 Å². The van der Waals surface area contributed by atoms with Crippen LogP contribution in [0.1, 0.15) is 24.3 Å². The second kappa shape index (κ2) is 6.87. The van der Waals surface area contributed by atoms with Crippen molar-refractivity contribution in [3.05, 3.63) is 29.6 Å². The number of benzene rings is 1. The van der Waals surface area contributed by atoms with Crippen molar-refractivity contribution in [2.45, 2.75) is 18.8 Å². The molecule has 106 valence electrons. The van der Waals surface area contributed by atoms with Crippen molar-refractivity contribution in [2.75, 3.05) is 40.5 Å².